The predicted molar refractivity (Wildman–Crippen MR) is 41.4 cm³/mol. The Labute approximate surface area is 59.4 Å². The molecule has 0 aliphatic rings. The van der Waals surface area contributed by atoms with Gasteiger partial charge in [-0.2, -0.15) is 0 Å². The third-order valence-electron chi connectivity index (χ3n) is 1.19. The average molecular weight is 148 g/mol. The molecule has 0 rings (SSSR count). The highest BCUT2D eigenvalue weighted by Crippen LogP contribution is 2.02. The van der Waals surface area contributed by atoms with E-state index in [4.69, 9.17) is 9.47 Å². The molecule has 3 heteroatoms. The normalized spacial score (nSPS) is 12.7. The number of hydrogen-bond acceptors (Lipinski definition) is 2. The van der Waals surface area contributed by atoms with E-state index in [1.807, 2.05) is 0 Å². The van der Waals surface area contributed by atoms with E-state index in [0.29, 0.717) is 0 Å². The molecule has 0 bridgehead atoms. The molecule has 0 fully saturated rings. The smallest absolute Gasteiger partial charge is 0.134 e. The molecule has 0 radical (unpaired) electrons. The summed E-state index contributed by atoms with van der Waals surface area (Å²) in [7, 11) is 3.21. The minimum atomic E-state index is -0.184. The molecule has 0 saturated carbocycles. The van der Waals surface area contributed by atoms with Crippen LogP contribution in [0.2, 0.25) is 5.54 Å². The van der Waals surface area contributed by atoms with Crippen LogP contribution in [0.15, 0.2) is 0 Å². The Balaban J connectivity index is 3.31. The number of rotatable bonds is 4. The summed E-state index contributed by atoms with van der Waals surface area (Å²) in [5.74, 6) is 0.116. The van der Waals surface area contributed by atoms with Crippen molar-refractivity contribution in [2.45, 2.75) is 25.3 Å². The molecule has 0 atom stereocenters. The van der Waals surface area contributed by atoms with Crippen LogP contribution < -0.4 is 0 Å². The van der Waals surface area contributed by atoms with Crippen molar-refractivity contribution in [3.8, 4) is 0 Å². The van der Waals surface area contributed by atoms with Gasteiger partial charge in [0.05, 0.1) is 9.52 Å². The molecule has 0 saturated heterocycles. The minimum absolute atomic E-state index is 0.116. The molecule has 0 aromatic carbocycles. The average Bonchev–Trinajstić information content (AvgIpc) is 1.82. The van der Waals surface area contributed by atoms with E-state index in [1.165, 1.54) is 0 Å². The maximum atomic E-state index is 5.05. The fraction of sp³-hybridized carbons (Fsp3) is 1.00. The summed E-state index contributed by atoms with van der Waals surface area (Å²) < 4.78 is 10.1. The first-order valence-electron chi connectivity index (χ1n) is 3.26. The fourth-order valence-electron chi connectivity index (χ4n) is 0.674. The van der Waals surface area contributed by atoms with Crippen LogP contribution >= 0.6 is 0 Å². The van der Waals surface area contributed by atoms with Gasteiger partial charge in [0.2, 0.25) is 0 Å². The molecule has 56 valence electrons. The van der Waals surface area contributed by atoms with E-state index in [1.54, 1.807) is 14.2 Å². The summed E-state index contributed by atoms with van der Waals surface area (Å²) in [5, 5.41) is 0. The lowest BCUT2D eigenvalue weighted by atomic mass is 10.6. The maximum Gasteiger partial charge on any atom is 0.134 e. The number of ether oxygens (including phenoxy) is 2. The lowest BCUT2D eigenvalue weighted by molar-refractivity contribution is -0.0446. The van der Waals surface area contributed by atoms with Gasteiger partial charge in [0.15, 0.2) is 0 Å². The van der Waals surface area contributed by atoms with Gasteiger partial charge in [-0.1, -0.05) is 19.4 Å². The lowest BCUT2D eigenvalue weighted by Crippen LogP contribution is -2.23. The highest BCUT2D eigenvalue weighted by Gasteiger charge is 2.07. The van der Waals surface area contributed by atoms with Crippen molar-refractivity contribution in [1.29, 1.82) is 0 Å². The van der Waals surface area contributed by atoms with E-state index in [2.05, 4.69) is 13.8 Å². The van der Waals surface area contributed by atoms with Crippen molar-refractivity contribution >= 4 is 9.52 Å². The SMILES string of the molecule is COC(OC)[SiH2]C(C)C. The molecule has 0 amide bonds. The molecular formula is C6H16O2Si. The monoisotopic (exact) mass is 148 g/mol. The van der Waals surface area contributed by atoms with Gasteiger partial charge in [-0.15, -0.1) is 0 Å². The molecule has 0 aliphatic heterocycles. The van der Waals surface area contributed by atoms with Gasteiger partial charge >= 0.3 is 0 Å². The third-order valence-corrected chi connectivity index (χ3v) is 3.18. The van der Waals surface area contributed by atoms with Gasteiger partial charge in [0.1, 0.15) is 5.91 Å². The predicted octanol–water partition coefficient (Wildman–Crippen LogP) is 0.560. The zero-order valence-corrected chi connectivity index (χ0v) is 8.09. The van der Waals surface area contributed by atoms with Crippen molar-refractivity contribution in [1.82, 2.24) is 0 Å². The highest BCUT2D eigenvalue weighted by molar-refractivity contribution is 6.38. The Morgan fingerprint density at radius 1 is 1.11 bits per heavy atom. The van der Waals surface area contributed by atoms with Gasteiger partial charge in [-0.25, -0.2) is 0 Å². The van der Waals surface area contributed by atoms with Crippen LogP contribution in [0.25, 0.3) is 0 Å². The van der Waals surface area contributed by atoms with Crippen LogP contribution in [0.5, 0.6) is 0 Å². The standard InChI is InChI=1S/C6H16O2Si/c1-5(2)9-6(7-3)8-4/h5-6H,9H2,1-4H3. The van der Waals surface area contributed by atoms with Gasteiger partial charge in [0.25, 0.3) is 0 Å². The highest BCUT2D eigenvalue weighted by atomic mass is 28.2. The number of hydrogen-bond donors (Lipinski definition) is 0. The van der Waals surface area contributed by atoms with Crippen molar-refractivity contribution < 1.29 is 9.47 Å². The molecule has 0 aromatic heterocycles. The zero-order chi connectivity index (χ0) is 7.28. The van der Waals surface area contributed by atoms with Gasteiger partial charge in [0, 0.05) is 14.2 Å². The van der Waals surface area contributed by atoms with E-state index in [-0.39, 0.29) is 15.4 Å². The third kappa shape index (κ3) is 4.63. The van der Waals surface area contributed by atoms with E-state index >= 15 is 0 Å². The zero-order valence-electron chi connectivity index (χ0n) is 6.68. The van der Waals surface area contributed by atoms with Gasteiger partial charge in [-0.3, -0.25) is 0 Å². The topological polar surface area (TPSA) is 18.5 Å². The van der Waals surface area contributed by atoms with Crippen LogP contribution in [0.3, 0.4) is 0 Å². The maximum absolute atomic E-state index is 5.05. The summed E-state index contributed by atoms with van der Waals surface area (Å²) in [6.07, 6.45) is 0. The van der Waals surface area contributed by atoms with Gasteiger partial charge < -0.3 is 9.47 Å². The van der Waals surface area contributed by atoms with Crippen molar-refractivity contribution in [2.24, 2.45) is 0 Å². The summed E-state index contributed by atoms with van der Waals surface area (Å²) in [5.41, 5.74) is 0.773. The molecule has 2 nitrogen and oxygen atoms in total. The largest absolute Gasteiger partial charge is 0.360 e. The Kier molecular flexibility index (Phi) is 5.04. The minimum Gasteiger partial charge on any atom is -0.360 e. The summed E-state index contributed by atoms with van der Waals surface area (Å²) in [4.78, 5) is 0. The first-order chi connectivity index (χ1) is 4.20. The molecule has 9 heavy (non-hydrogen) atoms. The molecule has 0 aliphatic carbocycles. The Morgan fingerprint density at radius 3 is 1.67 bits per heavy atom. The second-order valence-electron chi connectivity index (χ2n) is 2.53. The Hall–Kier alpha value is 0.137. The second kappa shape index (κ2) is 4.96. The van der Waals surface area contributed by atoms with Crippen LogP contribution in [-0.4, -0.2) is 29.7 Å². The molecule has 0 N–H and O–H groups in total. The quantitative estimate of drug-likeness (QED) is 0.428. The van der Waals surface area contributed by atoms with Gasteiger partial charge in [-0.05, 0) is 0 Å². The summed E-state index contributed by atoms with van der Waals surface area (Å²) >= 11 is 0. The van der Waals surface area contributed by atoms with Crippen LogP contribution in [0, 0.1) is 0 Å². The first kappa shape index (κ1) is 9.14. The molecule has 0 unspecified atom stereocenters. The van der Waals surface area contributed by atoms with Crippen LogP contribution in [0.4, 0.5) is 0 Å². The number of methoxy groups -OCH3 is 2. The lowest BCUT2D eigenvalue weighted by Gasteiger charge is -2.13. The van der Waals surface area contributed by atoms with E-state index in [9.17, 15) is 0 Å². The molecule has 0 spiro atoms. The second-order valence-corrected chi connectivity index (χ2v) is 5.30. The first-order valence-corrected chi connectivity index (χ1v) is 4.89. The molecule has 0 heterocycles. The summed E-state index contributed by atoms with van der Waals surface area (Å²) in [6, 6.07) is 0. The molecular weight excluding hydrogens is 132 g/mol. The van der Waals surface area contributed by atoms with Crippen LogP contribution in [-0.2, 0) is 9.47 Å². The fourth-order valence-corrected chi connectivity index (χ4v) is 1.83. The van der Waals surface area contributed by atoms with E-state index in [0.717, 1.165) is 5.54 Å². The van der Waals surface area contributed by atoms with Crippen molar-refractivity contribution in [3.63, 3.8) is 0 Å². The van der Waals surface area contributed by atoms with Crippen molar-refractivity contribution in [3.05, 3.63) is 0 Å². The summed E-state index contributed by atoms with van der Waals surface area (Å²) in [6.45, 7) is 4.41. The Bertz CT molecular complexity index is 62.1. The Morgan fingerprint density at radius 2 is 1.56 bits per heavy atom. The molecule has 0 aromatic rings. The van der Waals surface area contributed by atoms with Crippen molar-refractivity contribution in [2.75, 3.05) is 14.2 Å². The van der Waals surface area contributed by atoms with E-state index < -0.39 is 0 Å². The van der Waals surface area contributed by atoms with Crippen LogP contribution in [0.1, 0.15) is 13.8 Å².